The molecule has 0 atom stereocenters. The first-order valence-corrected chi connectivity index (χ1v) is 13.0. The van der Waals surface area contributed by atoms with Gasteiger partial charge in [0.05, 0.1) is 0 Å². The second-order valence-electron chi connectivity index (χ2n) is 2.64. The molecule has 1 aromatic carbocycles. The van der Waals surface area contributed by atoms with Crippen LogP contribution < -0.4 is 8.51 Å². The molecule has 0 spiro atoms. The molecule has 1 amide bonds. The Morgan fingerprint density at radius 3 is 2.62 bits per heavy atom. The van der Waals surface area contributed by atoms with Crippen LogP contribution in [0, 0.1) is 0 Å². The zero-order chi connectivity index (χ0) is 9.84. The Bertz CT molecular complexity index is 314. The third kappa shape index (κ3) is 2.86. The Morgan fingerprint density at radius 2 is 2.08 bits per heavy atom. The van der Waals surface area contributed by atoms with Crippen molar-refractivity contribution in [2.24, 2.45) is 0 Å². The van der Waals surface area contributed by atoms with Crippen LogP contribution in [0.1, 0.15) is 6.92 Å². The number of anilines is 1. The van der Waals surface area contributed by atoms with Gasteiger partial charge >= 0.3 is 98.6 Å². The van der Waals surface area contributed by atoms with Gasteiger partial charge in [-0.3, -0.25) is 0 Å². The maximum absolute atomic E-state index is 11.2. The summed E-state index contributed by atoms with van der Waals surface area (Å²) in [6, 6.07) is 8.15. The van der Waals surface area contributed by atoms with Gasteiger partial charge in [0, 0.05) is 0 Å². The van der Waals surface area contributed by atoms with E-state index in [1.807, 2.05) is 43.7 Å². The third-order valence-electron chi connectivity index (χ3n) is 1.80. The van der Waals surface area contributed by atoms with Crippen LogP contribution in [0.15, 0.2) is 24.3 Å². The fourth-order valence-electron chi connectivity index (χ4n) is 0.981. The Labute approximate surface area is 97.8 Å². The molecule has 70 valence electrons. The molecule has 1 rings (SSSR count). The first kappa shape index (κ1) is 11.3. The first-order chi connectivity index (χ1) is 6.16. The van der Waals surface area contributed by atoms with Gasteiger partial charge in [-0.15, -0.1) is 0 Å². The molecule has 0 saturated heterocycles. The van der Waals surface area contributed by atoms with Crippen molar-refractivity contribution in [1.82, 2.24) is 0 Å². The average Bonchev–Trinajstić information content (AvgIpc) is 2.16. The fraction of sp³-hybridized carbons (Fsp3) is 0.222. The Balaban J connectivity index is 3.05. The second-order valence-corrected chi connectivity index (χ2v) is 7.91. The molecular formula is C9H11NOTe2. The van der Waals surface area contributed by atoms with Crippen LogP contribution in [-0.4, -0.2) is 48.4 Å². The van der Waals surface area contributed by atoms with Crippen molar-refractivity contribution in [2.75, 3.05) is 11.9 Å². The van der Waals surface area contributed by atoms with E-state index in [1.165, 1.54) is 3.61 Å². The van der Waals surface area contributed by atoms with Crippen LogP contribution in [0.3, 0.4) is 0 Å². The quantitative estimate of drug-likeness (QED) is 0.627. The Morgan fingerprint density at radius 1 is 1.46 bits per heavy atom. The van der Waals surface area contributed by atoms with Crippen molar-refractivity contribution in [1.29, 1.82) is 0 Å². The summed E-state index contributed by atoms with van der Waals surface area (Å²) in [6.45, 7) is 1.59. The number of para-hydroxylation sites is 1. The van der Waals surface area contributed by atoms with E-state index in [1.54, 1.807) is 11.8 Å². The molecular weight excluding hydrogens is 393 g/mol. The molecule has 0 aliphatic heterocycles. The van der Waals surface area contributed by atoms with Gasteiger partial charge in [0.15, 0.2) is 0 Å². The predicted octanol–water partition coefficient (Wildman–Crippen LogP) is -0.185. The van der Waals surface area contributed by atoms with Gasteiger partial charge in [-0.2, -0.15) is 0 Å². The third-order valence-corrected chi connectivity index (χ3v) is 7.11. The molecule has 0 N–H and O–H groups in total. The van der Waals surface area contributed by atoms with Crippen molar-refractivity contribution < 1.29 is 4.79 Å². The minimum absolute atomic E-state index is 0.0822. The van der Waals surface area contributed by atoms with Crippen molar-refractivity contribution in [3.8, 4) is 0 Å². The minimum atomic E-state index is -0.0822. The Hall–Kier alpha value is 0.269. The van der Waals surface area contributed by atoms with Crippen molar-refractivity contribution in [3.63, 3.8) is 0 Å². The molecule has 0 unspecified atom stereocenters. The van der Waals surface area contributed by atoms with E-state index < -0.39 is 0 Å². The molecule has 0 radical (unpaired) electrons. The van der Waals surface area contributed by atoms with Gasteiger partial charge in [-0.25, -0.2) is 0 Å². The summed E-state index contributed by atoms with van der Waals surface area (Å²) in [5.74, 6) is 0.0966. The molecule has 1 aromatic rings. The van der Waals surface area contributed by atoms with E-state index in [0.717, 1.165) is 5.69 Å². The van der Waals surface area contributed by atoms with Crippen LogP contribution >= 0.6 is 0 Å². The van der Waals surface area contributed by atoms with Crippen LogP contribution in [0.5, 0.6) is 0 Å². The second kappa shape index (κ2) is 5.22. The van der Waals surface area contributed by atoms with Crippen LogP contribution in [0.25, 0.3) is 0 Å². The van der Waals surface area contributed by atoms with Gasteiger partial charge in [0.25, 0.3) is 0 Å². The molecule has 0 aliphatic carbocycles. The van der Waals surface area contributed by atoms with E-state index in [2.05, 4.69) is 6.07 Å². The summed E-state index contributed by atoms with van der Waals surface area (Å²) in [4.78, 5) is 12.9. The number of rotatable bonds is 2. The van der Waals surface area contributed by atoms with Crippen molar-refractivity contribution >= 4 is 50.7 Å². The molecule has 4 heteroatoms. The van der Waals surface area contributed by atoms with E-state index in [0.29, 0.717) is 0 Å². The van der Waals surface area contributed by atoms with Crippen molar-refractivity contribution in [3.05, 3.63) is 24.3 Å². The molecule has 0 bridgehead atoms. The van der Waals surface area contributed by atoms with Gasteiger partial charge in [0.1, 0.15) is 0 Å². The number of nitrogens with zero attached hydrogens (tertiary/aromatic N) is 1. The molecule has 0 saturated carbocycles. The first-order valence-electron chi connectivity index (χ1n) is 3.81. The maximum atomic E-state index is 11.2. The topological polar surface area (TPSA) is 20.3 Å². The number of carbonyl (C=O) groups excluding carboxylic acids is 1. The number of carbonyl (C=O) groups is 1. The summed E-state index contributed by atoms with van der Waals surface area (Å²) >= 11 is 1.79. The van der Waals surface area contributed by atoms with E-state index in [9.17, 15) is 4.79 Å². The van der Waals surface area contributed by atoms with E-state index in [4.69, 9.17) is 0 Å². The Kier molecular flexibility index (Phi) is 4.56. The molecule has 0 aliphatic rings. The monoisotopic (exact) mass is 409 g/mol. The molecule has 2 nitrogen and oxygen atoms in total. The normalized spacial score (nSPS) is 9.77. The van der Waals surface area contributed by atoms with E-state index >= 15 is 0 Å². The van der Waals surface area contributed by atoms with Gasteiger partial charge < -0.3 is 0 Å². The van der Waals surface area contributed by atoms with E-state index in [-0.39, 0.29) is 23.0 Å². The number of benzene rings is 1. The number of hydrogen-bond donors (Lipinski definition) is 0. The fourth-order valence-corrected chi connectivity index (χ4v) is 5.19. The standard InChI is InChI=1S/C9H11NOTe2/c1-7(11)10(2)8-5-3-4-6-9(8)13-12/h3-6,12H,1-2H3. The summed E-state index contributed by atoms with van der Waals surface area (Å²) in [6.07, 6.45) is 0. The van der Waals surface area contributed by atoms with Crippen LogP contribution in [0.2, 0.25) is 0 Å². The van der Waals surface area contributed by atoms with Crippen LogP contribution in [-0.2, 0) is 4.79 Å². The molecule has 0 fully saturated rings. The number of amides is 1. The van der Waals surface area contributed by atoms with Gasteiger partial charge in [-0.1, -0.05) is 0 Å². The summed E-state index contributed by atoms with van der Waals surface area (Å²) < 4.78 is 1.36. The zero-order valence-electron chi connectivity index (χ0n) is 7.52. The SMILES string of the molecule is CC(=O)N(C)c1ccccc1[Te][TeH]. The molecule has 0 heterocycles. The van der Waals surface area contributed by atoms with Gasteiger partial charge in [-0.05, 0) is 0 Å². The van der Waals surface area contributed by atoms with Crippen LogP contribution in [0.4, 0.5) is 5.69 Å². The summed E-state index contributed by atoms with van der Waals surface area (Å²) in [7, 11) is 1.83. The molecule has 0 aromatic heterocycles. The summed E-state index contributed by atoms with van der Waals surface area (Å²) in [5.41, 5.74) is 1.08. The van der Waals surface area contributed by atoms with Gasteiger partial charge in [0.2, 0.25) is 0 Å². The zero-order valence-corrected chi connectivity index (χ0v) is 12.4. The summed E-state index contributed by atoms with van der Waals surface area (Å²) in [5, 5.41) is 0. The predicted molar refractivity (Wildman–Crippen MR) is 58.1 cm³/mol. The number of hydrogen-bond acceptors (Lipinski definition) is 1. The molecule has 13 heavy (non-hydrogen) atoms. The van der Waals surface area contributed by atoms with Crippen molar-refractivity contribution in [2.45, 2.75) is 6.92 Å². The average molecular weight is 404 g/mol.